The van der Waals surface area contributed by atoms with E-state index < -0.39 is 0 Å². The number of aromatic nitrogens is 1. The van der Waals surface area contributed by atoms with Crippen LogP contribution in [0.25, 0.3) is 0 Å². The van der Waals surface area contributed by atoms with E-state index in [1.807, 2.05) is 93.1 Å². The Morgan fingerprint density at radius 2 is 1.68 bits per heavy atom. The second-order valence-corrected chi connectivity index (χ2v) is 10.7. The highest BCUT2D eigenvalue weighted by atomic mass is 32.2. The fourth-order valence-electron chi connectivity index (χ4n) is 4.79. The van der Waals surface area contributed by atoms with E-state index in [2.05, 4.69) is 16.0 Å². The van der Waals surface area contributed by atoms with Crippen molar-refractivity contribution in [3.8, 4) is 0 Å². The standard InChI is InChI=1S/C29H28N4O2S2/c1-16-10-7-12-21(18(16)3)31-23(34)15-37-28-26-25(22-13-8-14-33(22)29(26)36)24(19(4)30-28)27(35)32-20-11-6-5-9-17(20)2/h5-14,25,30H,15H2,1-4H3,(H,31,34)(H,32,35). The van der Waals surface area contributed by atoms with Gasteiger partial charge < -0.3 is 20.5 Å². The SMILES string of the molecule is CC1=C(C(=O)Nc2ccccc2C)C2C(=C(SCC(=O)Nc3cccc(C)c3C)N1)C(=S)n1cccc12. The van der Waals surface area contributed by atoms with Crippen LogP contribution in [0.3, 0.4) is 0 Å². The Morgan fingerprint density at radius 3 is 2.46 bits per heavy atom. The molecule has 3 heterocycles. The fraction of sp³-hybridized carbons (Fsp3) is 0.207. The number of nitrogens with one attached hydrogen (secondary N) is 3. The predicted molar refractivity (Wildman–Crippen MR) is 155 cm³/mol. The molecule has 8 heteroatoms. The first-order valence-electron chi connectivity index (χ1n) is 12.1. The lowest BCUT2D eigenvalue weighted by molar-refractivity contribution is -0.114. The lowest BCUT2D eigenvalue weighted by Crippen LogP contribution is -2.31. The molecule has 2 aliphatic heterocycles. The molecule has 6 nitrogen and oxygen atoms in total. The van der Waals surface area contributed by atoms with Crippen LogP contribution in [0, 0.1) is 20.8 Å². The zero-order valence-corrected chi connectivity index (χ0v) is 22.8. The third-order valence-corrected chi connectivity index (χ3v) is 8.35. The van der Waals surface area contributed by atoms with Gasteiger partial charge in [-0.15, -0.1) is 0 Å². The van der Waals surface area contributed by atoms with E-state index in [9.17, 15) is 9.59 Å². The van der Waals surface area contributed by atoms with Gasteiger partial charge in [0.15, 0.2) is 0 Å². The molecule has 0 radical (unpaired) electrons. The molecule has 0 fully saturated rings. The Labute approximate surface area is 226 Å². The number of hydrogen-bond donors (Lipinski definition) is 3. The molecule has 3 N–H and O–H groups in total. The van der Waals surface area contributed by atoms with Gasteiger partial charge in [0.25, 0.3) is 5.91 Å². The predicted octanol–water partition coefficient (Wildman–Crippen LogP) is 5.79. The molecule has 0 saturated carbocycles. The summed E-state index contributed by atoms with van der Waals surface area (Å²) in [6.07, 6.45) is 1.92. The number of anilines is 2. The van der Waals surface area contributed by atoms with E-state index in [0.29, 0.717) is 10.6 Å². The van der Waals surface area contributed by atoms with Gasteiger partial charge in [-0.1, -0.05) is 54.3 Å². The Balaban J connectivity index is 1.41. The molecular weight excluding hydrogens is 500 g/mol. The van der Waals surface area contributed by atoms with Crippen LogP contribution >= 0.6 is 24.0 Å². The molecular formula is C29H28N4O2S2. The molecule has 0 saturated heterocycles. The summed E-state index contributed by atoms with van der Waals surface area (Å²) in [4.78, 5) is 27.1. The number of thiocarbonyl (C=S) groups is 1. The molecule has 0 spiro atoms. The first-order chi connectivity index (χ1) is 17.8. The number of rotatable bonds is 6. The van der Waals surface area contributed by atoms with Gasteiger partial charge in [-0.3, -0.25) is 9.59 Å². The third-order valence-electron chi connectivity index (χ3n) is 6.92. The van der Waals surface area contributed by atoms with Crippen molar-refractivity contribution in [3.05, 3.63) is 105 Å². The molecule has 1 aromatic heterocycles. The maximum absolute atomic E-state index is 13.6. The van der Waals surface area contributed by atoms with Crippen molar-refractivity contribution in [2.24, 2.45) is 0 Å². The van der Waals surface area contributed by atoms with Gasteiger partial charge in [0.2, 0.25) is 5.91 Å². The minimum Gasteiger partial charge on any atom is -0.353 e. The van der Waals surface area contributed by atoms with E-state index in [1.54, 1.807) is 0 Å². The maximum Gasteiger partial charge on any atom is 0.254 e. The van der Waals surface area contributed by atoms with E-state index in [-0.39, 0.29) is 23.5 Å². The number of thioether (sulfide) groups is 1. The number of carbonyl (C=O) groups excluding carboxylic acids is 2. The summed E-state index contributed by atoms with van der Waals surface area (Å²) < 4.78 is 1.95. The number of nitrogens with zero attached hydrogens (tertiary/aromatic N) is 1. The normalized spacial score (nSPS) is 16.3. The van der Waals surface area contributed by atoms with Gasteiger partial charge in [0, 0.05) is 40.1 Å². The van der Waals surface area contributed by atoms with Crippen LogP contribution in [-0.2, 0) is 9.59 Å². The molecule has 0 bridgehead atoms. The van der Waals surface area contributed by atoms with Crippen molar-refractivity contribution >= 4 is 52.2 Å². The second kappa shape index (κ2) is 10.0. The average molecular weight is 529 g/mol. The van der Waals surface area contributed by atoms with Crippen molar-refractivity contribution in [1.29, 1.82) is 0 Å². The number of benzene rings is 2. The third kappa shape index (κ3) is 4.63. The Kier molecular flexibility index (Phi) is 6.79. The minimum absolute atomic E-state index is 0.0987. The number of fused-ring (bicyclic) bond motifs is 3. The molecule has 1 atom stereocenters. The molecule has 2 aromatic carbocycles. The molecule has 2 amide bonds. The van der Waals surface area contributed by atoms with Gasteiger partial charge in [0.1, 0.15) is 4.99 Å². The lowest BCUT2D eigenvalue weighted by atomic mass is 9.86. The number of carbonyl (C=O) groups is 2. The summed E-state index contributed by atoms with van der Waals surface area (Å²) >= 11 is 7.25. The highest BCUT2D eigenvalue weighted by Gasteiger charge is 2.42. The number of amides is 2. The van der Waals surface area contributed by atoms with E-state index in [1.165, 1.54) is 11.8 Å². The molecule has 5 rings (SSSR count). The van der Waals surface area contributed by atoms with Crippen LogP contribution in [0.2, 0.25) is 0 Å². The summed E-state index contributed by atoms with van der Waals surface area (Å²) in [5.41, 5.74) is 7.95. The molecule has 2 aliphatic rings. The first-order valence-corrected chi connectivity index (χ1v) is 13.5. The van der Waals surface area contributed by atoms with E-state index in [4.69, 9.17) is 12.2 Å². The number of para-hydroxylation sites is 1. The first kappa shape index (κ1) is 25.0. The summed E-state index contributed by atoms with van der Waals surface area (Å²) in [5, 5.41) is 10.3. The molecule has 1 unspecified atom stereocenters. The highest BCUT2D eigenvalue weighted by molar-refractivity contribution is 8.03. The second-order valence-electron chi connectivity index (χ2n) is 9.30. The van der Waals surface area contributed by atoms with Crippen molar-refractivity contribution in [1.82, 2.24) is 9.88 Å². The average Bonchev–Trinajstić information content (AvgIpc) is 3.45. The summed E-state index contributed by atoms with van der Waals surface area (Å²) in [7, 11) is 0. The lowest BCUT2D eigenvalue weighted by Gasteiger charge is -2.28. The summed E-state index contributed by atoms with van der Waals surface area (Å²) in [6, 6.07) is 17.5. The van der Waals surface area contributed by atoms with Crippen LogP contribution in [0.15, 0.2) is 82.7 Å². The van der Waals surface area contributed by atoms with E-state index >= 15 is 0 Å². The highest BCUT2D eigenvalue weighted by Crippen LogP contribution is 2.46. The van der Waals surface area contributed by atoms with Crippen molar-refractivity contribution in [2.45, 2.75) is 33.6 Å². The topological polar surface area (TPSA) is 75.2 Å². The monoisotopic (exact) mass is 528 g/mol. The van der Waals surface area contributed by atoms with Gasteiger partial charge >= 0.3 is 0 Å². The Bertz CT molecular complexity index is 1520. The van der Waals surface area contributed by atoms with Gasteiger partial charge in [-0.25, -0.2) is 0 Å². The van der Waals surface area contributed by atoms with Gasteiger partial charge in [-0.2, -0.15) is 0 Å². The van der Waals surface area contributed by atoms with Crippen molar-refractivity contribution in [2.75, 3.05) is 16.4 Å². The van der Waals surface area contributed by atoms with Crippen LogP contribution in [0.4, 0.5) is 11.4 Å². The van der Waals surface area contributed by atoms with Gasteiger partial charge in [0.05, 0.1) is 16.7 Å². The summed E-state index contributed by atoms with van der Waals surface area (Å²) in [5.74, 6) is -0.367. The zero-order valence-electron chi connectivity index (χ0n) is 21.1. The smallest absolute Gasteiger partial charge is 0.254 e. The number of aryl methyl sites for hydroxylation is 2. The summed E-state index contributed by atoms with van der Waals surface area (Å²) in [6.45, 7) is 7.89. The van der Waals surface area contributed by atoms with Crippen molar-refractivity contribution in [3.63, 3.8) is 0 Å². The van der Waals surface area contributed by atoms with Gasteiger partial charge in [-0.05, 0) is 68.7 Å². The Hall–Kier alpha value is -3.62. The number of hydrogen-bond acceptors (Lipinski definition) is 5. The fourth-order valence-corrected chi connectivity index (χ4v) is 6.18. The van der Waals surface area contributed by atoms with Crippen LogP contribution in [-0.4, -0.2) is 27.1 Å². The van der Waals surface area contributed by atoms with Crippen molar-refractivity contribution < 1.29 is 9.59 Å². The molecule has 0 aliphatic carbocycles. The minimum atomic E-state index is -0.308. The van der Waals surface area contributed by atoms with Crippen LogP contribution < -0.4 is 16.0 Å². The molecule has 37 heavy (non-hydrogen) atoms. The number of dihydropyridines is 1. The quantitative estimate of drug-likeness (QED) is 0.354. The number of allylic oxidation sites excluding steroid dienone is 2. The zero-order chi connectivity index (χ0) is 26.3. The molecule has 188 valence electrons. The maximum atomic E-state index is 13.6. The largest absolute Gasteiger partial charge is 0.353 e. The Morgan fingerprint density at radius 1 is 0.946 bits per heavy atom. The van der Waals surface area contributed by atoms with Crippen LogP contribution in [0.1, 0.15) is 35.2 Å². The van der Waals surface area contributed by atoms with E-state index in [0.717, 1.165) is 50.1 Å². The molecule has 3 aromatic rings. The van der Waals surface area contributed by atoms with Crippen LogP contribution in [0.5, 0.6) is 0 Å².